The Morgan fingerprint density at radius 1 is 1.37 bits per heavy atom. The quantitative estimate of drug-likeness (QED) is 0.748. The number of hydrogen-bond donors (Lipinski definition) is 2. The summed E-state index contributed by atoms with van der Waals surface area (Å²) in [5, 5.41) is 11.8. The number of imidazole rings is 1. The Morgan fingerprint density at radius 2 is 2.16 bits per heavy atom. The van der Waals surface area contributed by atoms with Crippen LogP contribution in [0, 0.1) is 0 Å². The minimum Gasteiger partial charge on any atom is -0.487 e. The summed E-state index contributed by atoms with van der Waals surface area (Å²) in [7, 11) is 0. The second-order valence-electron chi connectivity index (χ2n) is 4.04. The molecular formula is C13H11N3O3. The first kappa shape index (κ1) is 11.3. The van der Waals surface area contributed by atoms with E-state index in [1.807, 2.05) is 30.3 Å². The van der Waals surface area contributed by atoms with Gasteiger partial charge in [-0.2, -0.15) is 0 Å². The summed E-state index contributed by atoms with van der Waals surface area (Å²) in [6.45, 7) is 0.371. The van der Waals surface area contributed by atoms with Crippen LogP contribution in [0.15, 0.2) is 42.6 Å². The smallest absolute Gasteiger partial charge is 0.356 e. The topological polar surface area (TPSA) is 79.6 Å². The molecule has 0 amide bonds. The van der Waals surface area contributed by atoms with Crippen molar-refractivity contribution in [2.24, 2.45) is 0 Å². The van der Waals surface area contributed by atoms with Gasteiger partial charge in [0.05, 0.1) is 11.9 Å². The summed E-state index contributed by atoms with van der Waals surface area (Å²) in [6.07, 6.45) is 1.43. The molecular weight excluding hydrogens is 246 g/mol. The molecule has 96 valence electrons. The molecule has 0 unspecified atom stereocenters. The Kier molecular flexibility index (Phi) is 2.68. The van der Waals surface area contributed by atoms with Crippen molar-refractivity contribution in [3.8, 4) is 5.75 Å². The van der Waals surface area contributed by atoms with Gasteiger partial charge in [0.2, 0.25) is 0 Å². The van der Waals surface area contributed by atoms with Crippen LogP contribution in [0.3, 0.4) is 0 Å². The average molecular weight is 257 g/mol. The minimum absolute atomic E-state index is 0.0155. The number of fused-ring (bicyclic) bond motifs is 1. The molecule has 0 radical (unpaired) electrons. The Hall–Kier alpha value is -2.76. The first-order valence-corrected chi connectivity index (χ1v) is 5.70. The van der Waals surface area contributed by atoms with Gasteiger partial charge in [0, 0.05) is 6.07 Å². The molecule has 1 aromatic carbocycles. The van der Waals surface area contributed by atoms with Crippen molar-refractivity contribution in [1.82, 2.24) is 14.6 Å². The predicted octanol–water partition coefficient (Wildman–Crippen LogP) is 1.94. The van der Waals surface area contributed by atoms with E-state index >= 15 is 0 Å². The molecule has 0 bridgehead atoms. The van der Waals surface area contributed by atoms with Gasteiger partial charge in [-0.05, 0) is 12.1 Å². The molecule has 0 spiro atoms. The lowest BCUT2D eigenvalue weighted by molar-refractivity contribution is 0.0691. The highest BCUT2D eigenvalue weighted by atomic mass is 16.5. The van der Waals surface area contributed by atoms with E-state index < -0.39 is 5.97 Å². The zero-order valence-electron chi connectivity index (χ0n) is 9.91. The monoisotopic (exact) mass is 257 g/mol. The Bertz CT molecular complexity index is 684. The lowest BCUT2D eigenvalue weighted by atomic mass is 10.3. The number of ether oxygens (including phenoxy) is 1. The molecule has 0 aliphatic rings. The molecule has 3 rings (SSSR count). The van der Waals surface area contributed by atoms with E-state index in [1.165, 1.54) is 6.20 Å². The fourth-order valence-corrected chi connectivity index (χ4v) is 1.78. The van der Waals surface area contributed by atoms with E-state index in [2.05, 4.69) is 10.1 Å². The minimum atomic E-state index is -1.04. The van der Waals surface area contributed by atoms with Crippen LogP contribution in [-0.2, 0) is 6.61 Å². The van der Waals surface area contributed by atoms with Crippen LogP contribution in [0.5, 0.6) is 5.75 Å². The maximum atomic E-state index is 10.7. The second-order valence-corrected chi connectivity index (χ2v) is 4.04. The van der Waals surface area contributed by atoms with Gasteiger partial charge >= 0.3 is 5.97 Å². The number of rotatable bonds is 4. The first-order valence-electron chi connectivity index (χ1n) is 5.70. The van der Waals surface area contributed by atoms with Crippen molar-refractivity contribution in [3.05, 3.63) is 54.0 Å². The van der Waals surface area contributed by atoms with E-state index in [1.54, 1.807) is 10.6 Å². The summed E-state index contributed by atoms with van der Waals surface area (Å²) in [5.74, 6) is -0.264. The van der Waals surface area contributed by atoms with Crippen LogP contribution >= 0.6 is 0 Å². The molecule has 6 nitrogen and oxygen atoms in total. The second kappa shape index (κ2) is 4.49. The third-order valence-corrected chi connectivity index (χ3v) is 2.66. The van der Waals surface area contributed by atoms with Crippen LogP contribution in [0.1, 0.15) is 16.2 Å². The molecule has 0 aliphatic carbocycles. The normalized spacial score (nSPS) is 10.7. The summed E-state index contributed by atoms with van der Waals surface area (Å²) in [4.78, 5) is 14.7. The SMILES string of the molecule is O=C(O)c1cn2[nH]c(COc3ccccc3)cc2n1. The van der Waals surface area contributed by atoms with Gasteiger partial charge in [0.15, 0.2) is 11.3 Å². The molecule has 0 aliphatic heterocycles. The number of aromatic carboxylic acids is 1. The van der Waals surface area contributed by atoms with E-state index in [-0.39, 0.29) is 5.69 Å². The van der Waals surface area contributed by atoms with Crippen molar-refractivity contribution in [2.45, 2.75) is 6.61 Å². The highest BCUT2D eigenvalue weighted by Gasteiger charge is 2.10. The number of aromatic amines is 1. The Labute approximate surface area is 108 Å². The van der Waals surface area contributed by atoms with Crippen molar-refractivity contribution in [3.63, 3.8) is 0 Å². The highest BCUT2D eigenvalue weighted by Crippen LogP contribution is 2.12. The number of para-hydroxylation sites is 1. The van der Waals surface area contributed by atoms with E-state index in [0.29, 0.717) is 12.3 Å². The first-order chi connectivity index (χ1) is 9.22. The number of carbonyl (C=O) groups is 1. The van der Waals surface area contributed by atoms with E-state index in [4.69, 9.17) is 9.84 Å². The molecule has 2 aromatic heterocycles. The zero-order valence-corrected chi connectivity index (χ0v) is 9.91. The number of hydrogen-bond acceptors (Lipinski definition) is 3. The maximum absolute atomic E-state index is 10.7. The molecule has 0 fully saturated rings. The van der Waals surface area contributed by atoms with Crippen LogP contribution in [0.2, 0.25) is 0 Å². The number of benzene rings is 1. The summed E-state index contributed by atoms with van der Waals surface area (Å²) >= 11 is 0. The summed E-state index contributed by atoms with van der Waals surface area (Å²) in [5.41, 5.74) is 1.40. The predicted molar refractivity (Wildman–Crippen MR) is 67.3 cm³/mol. The number of nitrogens with zero attached hydrogens (tertiary/aromatic N) is 2. The molecule has 2 heterocycles. The van der Waals surface area contributed by atoms with Crippen LogP contribution in [-0.4, -0.2) is 25.7 Å². The summed E-state index contributed by atoms with van der Waals surface area (Å²) < 4.78 is 7.14. The lowest BCUT2D eigenvalue weighted by Gasteiger charge is -2.03. The molecule has 0 saturated heterocycles. The maximum Gasteiger partial charge on any atom is 0.356 e. The standard InChI is InChI=1S/C13H11N3O3/c17-13(18)11-7-16-12(14-11)6-9(15-16)8-19-10-4-2-1-3-5-10/h1-7,15H,8H2,(H,17,18). The van der Waals surface area contributed by atoms with Gasteiger partial charge < -0.3 is 9.84 Å². The van der Waals surface area contributed by atoms with Crippen LogP contribution in [0.4, 0.5) is 0 Å². The third kappa shape index (κ3) is 2.28. The largest absolute Gasteiger partial charge is 0.487 e. The number of H-pyrrole nitrogens is 1. The zero-order chi connectivity index (χ0) is 13.2. The Morgan fingerprint density at radius 3 is 2.84 bits per heavy atom. The van der Waals surface area contributed by atoms with E-state index in [9.17, 15) is 4.79 Å². The fraction of sp³-hybridized carbons (Fsp3) is 0.0769. The van der Waals surface area contributed by atoms with Crippen molar-refractivity contribution in [1.29, 1.82) is 0 Å². The lowest BCUT2D eigenvalue weighted by Crippen LogP contribution is -1.98. The molecule has 3 aromatic rings. The van der Waals surface area contributed by atoms with Gasteiger partial charge in [-0.1, -0.05) is 18.2 Å². The molecule has 0 atom stereocenters. The van der Waals surface area contributed by atoms with Gasteiger partial charge in [-0.3, -0.25) is 5.10 Å². The van der Waals surface area contributed by atoms with Gasteiger partial charge in [-0.15, -0.1) is 0 Å². The van der Waals surface area contributed by atoms with Crippen molar-refractivity contribution < 1.29 is 14.6 Å². The number of aromatic nitrogens is 3. The number of carboxylic acid groups (broad SMARTS) is 1. The number of nitrogens with one attached hydrogen (secondary N) is 1. The van der Waals surface area contributed by atoms with Crippen LogP contribution < -0.4 is 4.74 Å². The third-order valence-electron chi connectivity index (χ3n) is 2.66. The fourth-order valence-electron chi connectivity index (χ4n) is 1.78. The Balaban J connectivity index is 1.75. The van der Waals surface area contributed by atoms with Gasteiger partial charge in [0.1, 0.15) is 12.4 Å². The molecule has 6 heteroatoms. The van der Waals surface area contributed by atoms with E-state index in [0.717, 1.165) is 11.4 Å². The number of carboxylic acids is 1. The van der Waals surface area contributed by atoms with Gasteiger partial charge in [0.25, 0.3) is 0 Å². The molecule has 2 N–H and O–H groups in total. The highest BCUT2D eigenvalue weighted by molar-refractivity contribution is 5.86. The van der Waals surface area contributed by atoms with Crippen LogP contribution in [0.25, 0.3) is 5.65 Å². The molecule has 19 heavy (non-hydrogen) atoms. The average Bonchev–Trinajstić information content (AvgIpc) is 2.95. The molecule has 0 saturated carbocycles. The van der Waals surface area contributed by atoms with Crippen molar-refractivity contribution in [2.75, 3.05) is 0 Å². The summed E-state index contributed by atoms with van der Waals surface area (Å²) in [6, 6.07) is 11.2. The van der Waals surface area contributed by atoms with Crippen molar-refractivity contribution >= 4 is 11.6 Å². The van der Waals surface area contributed by atoms with Gasteiger partial charge in [-0.25, -0.2) is 14.3 Å².